The smallest absolute Gasteiger partial charge is 0.122 e. The molecule has 0 radical (unpaired) electrons. The van der Waals surface area contributed by atoms with E-state index in [2.05, 4.69) is 18.9 Å². The summed E-state index contributed by atoms with van der Waals surface area (Å²) in [5.74, 6) is 1.82. The first-order chi connectivity index (χ1) is 10.0. The summed E-state index contributed by atoms with van der Waals surface area (Å²) in [7, 11) is 2.06. The van der Waals surface area contributed by atoms with Crippen LogP contribution in [0, 0.1) is 6.92 Å². The Balaban J connectivity index is 2.22. The van der Waals surface area contributed by atoms with Gasteiger partial charge in [0.15, 0.2) is 0 Å². The fourth-order valence-electron chi connectivity index (χ4n) is 2.58. The van der Waals surface area contributed by atoms with E-state index in [4.69, 9.17) is 21.8 Å². The molecule has 0 fully saturated rings. The van der Waals surface area contributed by atoms with E-state index in [1.807, 2.05) is 43.3 Å². The number of nitrogens with zero attached hydrogens (tertiary/aromatic N) is 1. The predicted molar refractivity (Wildman–Crippen MR) is 87.4 cm³/mol. The summed E-state index contributed by atoms with van der Waals surface area (Å²) in [6, 6.07) is 11.9. The Bertz CT molecular complexity index is 582. The maximum absolute atomic E-state index is 6.32. The molecule has 1 heterocycles. The molecule has 0 aliphatic carbocycles. The second kappa shape index (κ2) is 7.12. The van der Waals surface area contributed by atoms with Gasteiger partial charge >= 0.3 is 0 Å². The summed E-state index contributed by atoms with van der Waals surface area (Å²) in [6.45, 7) is 4.78. The number of halogens is 1. The fraction of sp³-hybridized carbons (Fsp3) is 0.412. The predicted octanol–water partition coefficient (Wildman–Crippen LogP) is 4.15. The van der Waals surface area contributed by atoms with Gasteiger partial charge in [-0.1, -0.05) is 36.7 Å². The zero-order valence-corrected chi connectivity index (χ0v) is 13.6. The van der Waals surface area contributed by atoms with Crippen molar-refractivity contribution in [1.82, 2.24) is 4.90 Å². The molecule has 2 unspecified atom stereocenters. The van der Waals surface area contributed by atoms with Crippen LogP contribution in [-0.4, -0.2) is 18.0 Å². The molecule has 0 aliphatic heterocycles. The first-order valence-corrected chi connectivity index (χ1v) is 7.66. The van der Waals surface area contributed by atoms with Crippen LogP contribution in [-0.2, 0) is 6.54 Å². The molecule has 4 heteroatoms. The molecule has 2 rings (SSSR count). The average Bonchev–Trinajstić information content (AvgIpc) is 2.87. The number of aryl methyl sites for hydroxylation is 1. The topological polar surface area (TPSA) is 42.4 Å². The van der Waals surface area contributed by atoms with E-state index in [-0.39, 0.29) is 12.1 Å². The van der Waals surface area contributed by atoms with Crippen molar-refractivity contribution in [3.8, 4) is 0 Å². The zero-order chi connectivity index (χ0) is 15.4. The molecule has 0 bridgehead atoms. The molecule has 2 atom stereocenters. The quantitative estimate of drug-likeness (QED) is 0.871. The van der Waals surface area contributed by atoms with Crippen LogP contribution in [0.4, 0.5) is 0 Å². The molecular weight excluding hydrogens is 284 g/mol. The Kier molecular flexibility index (Phi) is 5.45. The maximum Gasteiger partial charge on any atom is 0.122 e. The Hall–Kier alpha value is -1.29. The number of nitrogens with two attached hydrogens (primary N) is 1. The summed E-state index contributed by atoms with van der Waals surface area (Å²) in [5, 5.41) is 0.781. The molecule has 1 aromatic heterocycles. The van der Waals surface area contributed by atoms with Crippen molar-refractivity contribution in [3.05, 3.63) is 58.5 Å². The SMILES string of the molecule is CCC(N)C(c1ccc(C)o1)N(C)Cc1ccccc1Cl. The van der Waals surface area contributed by atoms with Crippen molar-refractivity contribution in [2.75, 3.05) is 7.05 Å². The Labute approximate surface area is 131 Å². The number of benzene rings is 1. The highest BCUT2D eigenvalue weighted by Crippen LogP contribution is 2.28. The Morgan fingerprint density at radius 3 is 2.52 bits per heavy atom. The van der Waals surface area contributed by atoms with Gasteiger partial charge in [-0.2, -0.15) is 0 Å². The second-order valence-electron chi connectivity index (χ2n) is 5.47. The summed E-state index contributed by atoms with van der Waals surface area (Å²) in [4.78, 5) is 2.20. The van der Waals surface area contributed by atoms with Gasteiger partial charge in [0.2, 0.25) is 0 Å². The minimum atomic E-state index is 0.0167. The zero-order valence-electron chi connectivity index (χ0n) is 12.8. The number of likely N-dealkylation sites (N-methyl/N-ethyl adjacent to an activating group) is 1. The highest BCUT2D eigenvalue weighted by atomic mass is 35.5. The molecule has 21 heavy (non-hydrogen) atoms. The minimum absolute atomic E-state index is 0.0167. The van der Waals surface area contributed by atoms with E-state index < -0.39 is 0 Å². The Morgan fingerprint density at radius 2 is 1.95 bits per heavy atom. The standard InChI is InChI=1S/C17H23ClN2O/c1-4-15(19)17(16-10-9-12(2)21-16)20(3)11-13-7-5-6-8-14(13)18/h5-10,15,17H,4,11,19H2,1-3H3. The van der Waals surface area contributed by atoms with Gasteiger partial charge in [0.05, 0.1) is 6.04 Å². The minimum Gasteiger partial charge on any atom is -0.465 e. The molecule has 1 aromatic carbocycles. The van der Waals surface area contributed by atoms with Crippen molar-refractivity contribution in [2.45, 2.75) is 38.9 Å². The highest BCUT2D eigenvalue weighted by molar-refractivity contribution is 6.31. The molecule has 2 N–H and O–H groups in total. The van der Waals surface area contributed by atoms with Crippen molar-refractivity contribution >= 4 is 11.6 Å². The van der Waals surface area contributed by atoms with Crippen molar-refractivity contribution < 1.29 is 4.42 Å². The van der Waals surface area contributed by atoms with Gasteiger partial charge in [0.25, 0.3) is 0 Å². The molecule has 0 saturated heterocycles. The first kappa shape index (κ1) is 16.1. The molecule has 3 nitrogen and oxygen atoms in total. The van der Waals surface area contributed by atoms with Crippen LogP contribution in [0.5, 0.6) is 0 Å². The van der Waals surface area contributed by atoms with Crippen molar-refractivity contribution in [3.63, 3.8) is 0 Å². The van der Waals surface area contributed by atoms with Gasteiger partial charge in [-0.3, -0.25) is 4.90 Å². The van der Waals surface area contributed by atoms with E-state index in [9.17, 15) is 0 Å². The lowest BCUT2D eigenvalue weighted by Crippen LogP contribution is -2.38. The molecule has 114 valence electrons. The lowest BCUT2D eigenvalue weighted by Gasteiger charge is -2.31. The van der Waals surface area contributed by atoms with E-state index in [1.54, 1.807) is 0 Å². The van der Waals surface area contributed by atoms with E-state index in [0.717, 1.165) is 35.1 Å². The van der Waals surface area contributed by atoms with Crippen molar-refractivity contribution in [2.24, 2.45) is 5.73 Å². The number of rotatable bonds is 6. The largest absolute Gasteiger partial charge is 0.465 e. The van der Waals surface area contributed by atoms with Crippen LogP contribution in [0.2, 0.25) is 5.02 Å². The number of hydrogen-bond donors (Lipinski definition) is 1. The monoisotopic (exact) mass is 306 g/mol. The van der Waals surface area contributed by atoms with Gasteiger partial charge in [-0.05, 0) is 44.2 Å². The lowest BCUT2D eigenvalue weighted by molar-refractivity contribution is 0.174. The molecule has 0 saturated carbocycles. The highest BCUT2D eigenvalue weighted by Gasteiger charge is 2.26. The van der Waals surface area contributed by atoms with Crippen LogP contribution in [0.1, 0.15) is 36.5 Å². The van der Waals surface area contributed by atoms with Crippen LogP contribution >= 0.6 is 11.6 Å². The van der Waals surface area contributed by atoms with Crippen LogP contribution in [0.3, 0.4) is 0 Å². The average molecular weight is 307 g/mol. The number of hydrogen-bond acceptors (Lipinski definition) is 3. The fourth-order valence-corrected chi connectivity index (χ4v) is 2.78. The van der Waals surface area contributed by atoms with Crippen LogP contribution in [0.15, 0.2) is 40.8 Å². The molecule has 0 amide bonds. The summed E-state index contributed by atoms with van der Waals surface area (Å²) < 4.78 is 5.80. The maximum atomic E-state index is 6.32. The third-order valence-electron chi connectivity index (χ3n) is 3.78. The Morgan fingerprint density at radius 1 is 1.24 bits per heavy atom. The van der Waals surface area contributed by atoms with E-state index >= 15 is 0 Å². The summed E-state index contributed by atoms with van der Waals surface area (Å²) in [5.41, 5.74) is 7.41. The first-order valence-electron chi connectivity index (χ1n) is 7.28. The van der Waals surface area contributed by atoms with Gasteiger partial charge in [-0.25, -0.2) is 0 Å². The van der Waals surface area contributed by atoms with Gasteiger partial charge < -0.3 is 10.2 Å². The van der Waals surface area contributed by atoms with Crippen LogP contribution < -0.4 is 5.73 Å². The summed E-state index contributed by atoms with van der Waals surface area (Å²) >= 11 is 6.26. The van der Waals surface area contributed by atoms with Crippen molar-refractivity contribution in [1.29, 1.82) is 0 Å². The molecule has 2 aromatic rings. The third kappa shape index (κ3) is 3.88. The van der Waals surface area contributed by atoms with E-state index in [1.165, 1.54) is 0 Å². The summed E-state index contributed by atoms with van der Waals surface area (Å²) in [6.07, 6.45) is 0.886. The lowest BCUT2D eigenvalue weighted by atomic mass is 10.0. The van der Waals surface area contributed by atoms with Gasteiger partial charge in [-0.15, -0.1) is 0 Å². The van der Waals surface area contributed by atoms with Gasteiger partial charge in [0.1, 0.15) is 11.5 Å². The number of furan rings is 1. The molecule has 0 aliphatic rings. The van der Waals surface area contributed by atoms with E-state index in [0.29, 0.717) is 0 Å². The normalized spacial score (nSPS) is 14.4. The molecular formula is C17H23ClN2O. The van der Waals surface area contributed by atoms with Crippen LogP contribution in [0.25, 0.3) is 0 Å². The van der Waals surface area contributed by atoms with Gasteiger partial charge in [0, 0.05) is 17.6 Å². The third-order valence-corrected chi connectivity index (χ3v) is 4.15. The second-order valence-corrected chi connectivity index (χ2v) is 5.88. The molecule has 0 spiro atoms.